The second-order valence-corrected chi connectivity index (χ2v) is 4.95. The maximum Gasteiger partial charge on any atom is 0.315 e. The molecule has 1 aromatic rings. The zero-order valence-corrected chi connectivity index (χ0v) is 12.4. The van der Waals surface area contributed by atoms with Gasteiger partial charge in [0.15, 0.2) is 5.82 Å². The second-order valence-electron chi connectivity index (χ2n) is 4.95. The molecule has 0 unspecified atom stereocenters. The summed E-state index contributed by atoms with van der Waals surface area (Å²) in [6, 6.07) is -0.267. The van der Waals surface area contributed by atoms with Gasteiger partial charge in [-0.3, -0.25) is 0 Å². The van der Waals surface area contributed by atoms with Gasteiger partial charge in [0.05, 0.1) is 6.54 Å². The van der Waals surface area contributed by atoms with Gasteiger partial charge in [0, 0.05) is 20.1 Å². The molecule has 0 radical (unpaired) electrons. The molecule has 1 heterocycles. The normalized spacial score (nSPS) is 11.4. The number of nitrogens with zero attached hydrogens (tertiary/aromatic N) is 2. The number of aliphatic hydroxyl groups excluding tert-OH is 1. The van der Waals surface area contributed by atoms with Gasteiger partial charge >= 0.3 is 6.03 Å². The highest BCUT2D eigenvalue weighted by molar-refractivity contribution is 5.73. The van der Waals surface area contributed by atoms with Crippen LogP contribution in [0.25, 0.3) is 0 Å². The third kappa shape index (κ3) is 4.80. The molecular formula is C13H24N4O3. The molecule has 20 heavy (non-hydrogen) atoms. The highest BCUT2D eigenvalue weighted by Crippen LogP contribution is 2.29. The first-order valence-electron chi connectivity index (χ1n) is 6.97. The van der Waals surface area contributed by atoms with E-state index in [-0.39, 0.29) is 24.6 Å². The van der Waals surface area contributed by atoms with Crippen molar-refractivity contribution in [3.8, 4) is 0 Å². The van der Waals surface area contributed by atoms with Crippen molar-refractivity contribution in [2.75, 3.05) is 13.2 Å². The Labute approximate surface area is 119 Å². The number of carbonyl (C=O) groups is 1. The quantitative estimate of drug-likeness (QED) is 0.669. The Morgan fingerprint density at radius 2 is 2.05 bits per heavy atom. The summed E-state index contributed by atoms with van der Waals surface area (Å²) in [6.45, 7) is 6.74. The van der Waals surface area contributed by atoms with E-state index in [1.165, 1.54) is 0 Å². The van der Waals surface area contributed by atoms with Crippen LogP contribution in [0.1, 0.15) is 44.8 Å². The molecular weight excluding hydrogens is 260 g/mol. The molecule has 0 aromatic carbocycles. The Morgan fingerprint density at radius 3 is 2.55 bits per heavy atom. The lowest BCUT2D eigenvalue weighted by Gasteiger charge is -2.31. The smallest absolute Gasteiger partial charge is 0.315 e. The molecule has 0 aliphatic heterocycles. The molecule has 0 aliphatic rings. The van der Waals surface area contributed by atoms with Gasteiger partial charge in [-0.2, -0.15) is 4.98 Å². The van der Waals surface area contributed by atoms with Gasteiger partial charge in [0.1, 0.15) is 0 Å². The van der Waals surface area contributed by atoms with Crippen molar-refractivity contribution in [2.45, 2.75) is 46.6 Å². The van der Waals surface area contributed by atoms with Crippen LogP contribution in [-0.4, -0.2) is 34.4 Å². The third-order valence-electron chi connectivity index (χ3n) is 3.74. The first-order chi connectivity index (χ1) is 9.55. The maximum atomic E-state index is 11.7. The number of aromatic nitrogens is 2. The molecule has 0 fully saturated rings. The Bertz CT molecular complexity index is 416. The molecule has 7 nitrogen and oxygen atoms in total. The number of carbonyl (C=O) groups excluding carboxylic acids is 1. The lowest BCUT2D eigenvalue weighted by Crippen LogP contribution is -2.42. The minimum absolute atomic E-state index is 0.0468. The molecule has 0 saturated heterocycles. The van der Waals surface area contributed by atoms with Crippen molar-refractivity contribution in [2.24, 2.45) is 5.41 Å². The number of hydrogen-bond acceptors (Lipinski definition) is 5. The largest absolute Gasteiger partial charge is 0.396 e. The zero-order valence-electron chi connectivity index (χ0n) is 12.4. The molecule has 0 atom stereocenters. The van der Waals surface area contributed by atoms with E-state index < -0.39 is 0 Å². The topological polar surface area (TPSA) is 100 Å². The van der Waals surface area contributed by atoms with Crippen molar-refractivity contribution in [3.63, 3.8) is 0 Å². The first-order valence-corrected chi connectivity index (χ1v) is 6.97. The Morgan fingerprint density at radius 1 is 1.35 bits per heavy atom. The molecule has 0 aliphatic carbocycles. The van der Waals surface area contributed by atoms with E-state index in [9.17, 15) is 4.79 Å². The lowest BCUT2D eigenvalue weighted by atomic mass is 9.79. The van der Waals surface area contributed by atoms with Gasteiger partial charge in [-0.1, -0.05) is 19.0 Å². The Balaban J connectivity index is 2.37. The molecule has 0 bridgehead atoms. The summed E-state index contributed by atoms with van der Waals surface area (Å²) in [5, 5.41) is 18.3. The number of amides is 2. The van der Waals surface area contributed by atoms with E-state index in [2.05, 4.69) is 34.6 Å². The fourth-order valence-corrected chi connectivity index (χ4v) is 2.08. The van der Waals surface area contributed by atoms with Crippen LogP contribution in [0.15, 0.2) is 4.52 Å². The number of nitrogens with one attached hydrogen (secondary N) is 2. The number of aryl methyl sites for hydroxylation is 1. The summed E-state index contributed by atoms with van der Waals surface area (Å²) in [6.07, 6.45) is 2.51. The van der Waals surface area contributed by atoms with Crippen LogP contribution in [0.2, 0.25) is 0 Å². The van der Waals surface area contributed by atoms with Crippen LogP contribution in [-0.2, 0) is 6.54 Å². The van der Waals surface area contributed by atoms with E-state index in [0.29, 0.717) is 24.7 Å². The van der Waals surface area contributed by atoms with Gasteiger partial charge in [0.25, 0.3) is 0 Å². The lowest BCUT2D eigenvalue weighted by molar-refractivity contribution is 0.163. The zero-order chi connectivity index (χ0) is 15.0. The van der Waals surface area contributed by atoms with Crippen LogP contribution in [0.5, 0.6) is 0 Å². The van der Waals surface area contributed by atoms with Crippen LogP contribution in [0, 0.1) is 12.3 Å². The van der Waals surface area contributed by atoms with E-state index >= 15 is 0 Å². The summed E-state index contributed by atoms with van der Waals surface area (Å²) in [5.74, 6) is 0.923. The highest BCUT2D eigenvalue weighted by atomic mass is 16.5. The first kappa shape index (κ1) is 16.4. The fraction of sp³-hybridized carbons (Fsp3) is 0.769. The monoisotopic (exact) mass is 284 g/mol. The van der Waals surface area contributed by atoms with Gasteiger partial charge in [-0.15, -0.1) is 0 Å². The SMILES string of the molecule is CCC(CC)(CCO)CNC(=O)NCc1noc(C)n1. The summed E-state index contributed by atoms with van der Waals surface area (Å²) in [4.78, 5) is 15.7. The van der Waals surface area contributed by atoms with Gasteiger partial charge in [-0.25, -0.2) is 4.79 Å². The number of rotatable bonds is 8. The standard InChI is InChI=1S/C13H24N4O3/c1-4-13(5-2,6-7-18)9-15-12(19)14-8-11-16-10(3)20-17-11/h18H,4-9H2,1-3H3,(H2,14,15,19). The maximum absolute atomic E-state index is 11.7. The number of aliphatic hydroxyl groups is 1. The number of hydrogen-bond donors (Lipinski definition) is 3. The molecule has 0 spiro atoms. The number of urea groups is 1. The summed E-state index contributed by atoms with van der Waals surface area (Å²) in [7, 11) is 0. The molecule has 1 rings (SSSR count). The summed E-state index contributed by atoms with van der Waals surface area (Å²) >= 11 is 0. The molecule has 2 amide bonds. The molecule has 7 heteroatoms. The van der Waals surface area contributed by atoms with Gasteiger partial charge in [0.2, 0.25) is 5.89 Å². The second kappa shape index (κ2) is 7.84. The fourth-order valence-electron chi connectivity index (χ4n) is 2.08. The predicted molar refractivity (Wildman–Crippen MR) is 74.0 cm³/mol. The molecule has 3 N–H and O–H groups in total. The van der Waals surface area contributed by atoms with Crippen molar-refractivity contribution in [1.82, 2.24) is 20.8 Å². The molecule has 1 aromatic heterocycles. The summed E-state index contributed by atoms with van der Waals surface area (Å²) < 4.78 is 4.82. The van der Waals surface area contributed by atoms with Crippen molar-refractivity contribution in [3.05, 3.63) is 11.7 Å². The van der Waals surface area contributed by atoms with E-state index in [0.717, 1.165) is 12.8 Å². The Kier molecular flexibility index (Phi) is 6.44. The van der Waals surface area contributed by atoms with Crippen LogP contribution in [0.3, 0.4) is 0 Å². The minimum atomic E-state index is -0.267. The van der Waals surface area contributed by atoms with Crippen LogP contribution < -0.4 is 10.6 Å². The van der Waals surface area contributed by atoms with Gasteiger partial charge in [-0.05, 0) is 24.7 Å². The summed E-state index contributed by atoms with van der Waals surface area (Å²) in [5.41, 5.74) is -0.0468. The van der Waals surface area contributed by atoms with Crippen LogP contribution in [0.4, 0.5) is 4.79 Å². The average Bonchev–Trinajstić information content (AvgIpc) is 2.87. The van der Waals surface area contributed by atoms with E-state index in [1.54, 1.807) is 6.92 Å². The Hall–Kier alpha value is -1.63. The average molecular weight is 284 g/mol. The van der Waals surface area contributed by atoms with Crippen molar-refractivity contribution < 1.29 is 14.4 Å². The van der Waals surface area contributed by atoms with E-state index in [1.807, 2.05) is 0 Å². The highest BCUT2D eigenvalue weighted by Gasteiger charge is 2.26. The van der Waals surface area contributed by atoms with Crippen LogP contribution >= 0.6 is 0 Å². The predicted octanol–water partition coefficient (Wildman–Crippen LogP) is 1.37. The molecule has 114 valence electrons. The minimum Gasteiger partial charge on any atom is -0.396 e. The van der Waals surface area contributed by atoms with Gasteiger partial charge < -0.3 is 20.3 Å². The third-order valence-corrected chi connectivity index (χ3v) is 3.74. The van der Waals surface area contributed by atoms with E-state index in [4.69, 9.17) is 9.63 Å². The molecule has 0 saturated carbocycles. The van der Waals surface area contributed by atoms with Crippen molar-refractivity contribution in [1.29, 1.82) is 0 Å². The van der Waals surface area contributed by atoms with Crippen molar-refractivity contribution >= 4 is 6.03 Å².